The molecule has 1 heterocycles. The van der Waals surface area contributed by atoms with Gasteiger partial charge in [0.15, 0.2) is 0 Å². The molecular formula is C12H20N4O2. The van der Waals surface area contributed by atoms with Crippen molar-refractivity contribution in [3.63, 3.8) is 0 Å². The van der Waals surface area contributed by atoms with E-state index in [1.807, 2.05) is 0 Å². The number of anilines is 2. The van der Waals surface area contributed by atoms with E-state index in [0.717, 1.165) is 13.0 Å². The van der Waals surface area contributed by atoms with Crippen molar-refractivity contribution in [1.29, 1.82) is 0 Å². The second-order valence-electron chi connectivity index (χ2n) is 5.14. The number of hydrogen-bond acceptors (Lipinski definition) is 4. The van der Waals surface area contributed by atoms with Gasteiger partial charge in [0, 0.05) is 13.6 Å². The third-order valence-corrected chi connectivity index (χ3v) is 4.17. The van der Waals surface area contributed by atoms with Crippen molar-refractivity contribution in [2.45, 2.75) is 32.6 Å². The van der Waals surface area contributed by atoms with E-state index in [4.69, 9.17) is 5.73 Å². The maximum Gasteiger partial charge on any atom is 0.329 e. The first-order valence-electron chi connectivity index (χ1n) is 6.32. The third kappa shape index (κ3) is 2.02. The van der Waals surface area contributed by atoms with E-state index in [0.29, 0.717) is 5.69 Å². The van der Waals surface area contributed by atoms with E-state index in [1.54, 1.807) is 0 Å². The molecule has 0 radical (unpaired) electrons. The maximum atomic E-state index is 11.7. The summed E-state index contributed by atoms with van der Waals surface area (Å²) in [6.45, 7) is 2.89. The normalized spacial score (nSPS) is 17.2. The van der Waals surface area contributed by atoms with Crippen molar-refractivity contribution < 1.29 is 0 Å². The fourth-order valence-corrected chi connectivity index (χ4v) is 2.42. The summed E-state index contributed by atoms with van der Waals surface area (Å²) in [4.78, 5) is 25.3. The summed E-state index contributed by atoms with van der Waals surface area (Å²) >= 11 is 0. The van der Waals surface area contributed by atoms with Crippen LogP contribution in [0.3, 0.4) is 0 Å². The smallest absolute Gasteiger partial charge is 0.329 e. The van der Waals surface area contributed by atoms with E-state index in [9.17, 15) is 9.59 Å². The second-order valence-corrected chi connectivity index (χ2v) is 5.14. The zero-order valence-corrected chi connectivity index (χ0v) is 10.9. The van der Waals surface area contributed by atoms with Crippen LogP contribution in [0.5, 0.6) is 0 Å². The number of rotatable bonds is 4. The van der Waals surface area contributed by atoms with Gasteiger partial charge in [-0.3, -0.25) is 14.3 Å². The van der Waals surface area contributed by atoms with Crippen LogP contribution in [-0.4, -0.2) is 16.1 Å². The molecule has 1 saturated carbocycles. The highest BCUT2D eigenvalue weighted by atomic mass is 16.2. The molecule has 1 aromatic rings. The van der Waals surface area contributed by atoms with Crippen molar-refractivity contribution in [3.8, 4) is 0 Å². The van der Waals surface area contributed by atoms with Crippen molar-refractivity contribution in [2.75, 3.05) is 17.6 Å². The Morgan fingerprint density at radius 1 is 1.44 bits per heavy atom. The molecule has 0 atom stereocenters. The third-order valence-electron chi connectivity index (χ3n) is 4.17. The molecule has 4 N–H and O–H groups in total. The van der Waals surface area contributed by atoms with Gasteiger partial charge in [-0.15, -0.1) is 0 Å². The van der Waals surface area contributed by atoms with Crippen LogP contribution in [0.2, 0.25) is 0 Å². The molecule has 2 rings (SSSR count). The predicted octanol–water partition coefficient (Wildman–Crippen LogP) is 0.648. The van der Waals surface area contributed by atoms with E-state index in [1.165, 1.54) is 30.9 Å². The molecule has 0 aliphatic heterocycles. The Labute approximate surface area is 105 Å². The van der Waals surface area contributed by atoms with Gasteiger partial charge in [-0.1, -0.05) is 13.3 Å². The summed E-state index contributed by atoms with van der Waals surface area (Å²) < 4.78 is 1.24. The monoisotopic (exact) mass is 252 g/mol. The molecule has 0 aromatic carbocycles. The molecular weight excluding hydrogens is 232 g/mol. The van der Waals surface area contributed by atoms with Gasteiger partial charge in [-0.25, -0.2) is 4.79 Å². The van der Waals surface area contributed by atoms with Crippen LogP contribution in [-0.2, 0) is 7.05 Å². The van der Waals surface area contributed by atoms with Crippen LogP contribution in [0.15, 0.2) is 9.59 Å². The molecule has 1 aromatic heterocycles. The van der Waals surface area contributed by atoms with Crippen LogP contribution < -0.4 is 22.3 Å². The average Bonchev–Trinajstić information content (AvgIpc) is 2.29. The van der Waals surface area contributed by atoms with Crippen LogP contribution in [0.1, 0.15) is 32.6 Å². The summed E-state index contributed by atoms with van der Waals surface area (Å²) in [5.41, 5.74) is 5.45. The van der Waals surface area contributed by atoms with Crippen LogP contribution >= 0.6 is 0 Å². The molecule has 0 amide bonds. The lowest BCUT2D eigenvalue weighted by molar-refractivity contribution is 0.145. The minimum Gasteiger partial charge on any atom is -0.383 e. The van der Waals surface area contributed by atoms with Crippen LogP contribution in [0.4, 0.5) is 11.5 Å². The summed E-state index contributed by atoms with van der Waals surface area (Å²) in [6, 6.07) is 0. The Kier molecular flexibility index (Phi) is 3.19. The Hall–Kier alpha value is -1.72. The highest BCUT2D eigenvalue weighted by molar-refractivity contribution is 5.60. The zero-order valence-electron chi connectivity index (χ0n) is 10.9. The van der Waals surface area contributed by atoms with Crippen molar-refractivity contribution in [2.24, 2.45) is 12.5 Å². The molecule has 0 saturated heterocycles. The first-order valence-corrected chi connectivity index (χ1v) is 6.32. The number of H-pyrrole nitrogens is 1. The first-order chi connectivity index (χ1) is 8.49. The number of aromatic nitrogens is 2. The zero-order chi connectivity index (χ0) is 13.3. The molecule has 0 spiro atoms. The van der Waals surface area contributed by atoms with Crippen LogP contribution in [0, 0.1) is 5.41 Å². The number of nitrogens with two attached hydrogens (primary N) is 1. The molecule has 0 bridgehead atoms. The largest absolute Gasteiger partial charge is 0.383 e. The van der Waals surface area contributed by atoms with Gasteiger partial charge in [0.25, 0.3) is 5.56 Å². The first kappa shape index (κ1) is 12.7. The molecule has 18 heavy (non-hydrogen) atoms. The van der Waals surface area contributed by atoms with E-state index in [-0.39, 0.29) is 11.2 Å². The summed E-state index contributed by atoms with van der Waals surface area (Å²) in [5.74, 6) is 0.189. The fraction of sp³-hybridized carbons (Fsp3) is 0.667. The molecule has 1 aliphatic carbocycles. The van der Waals surface area contributed by atoms with Gasteiger partial charge < -0.3 is 11.1 Å². The van der Waals surface area contributed by atoms with Crippen molar-refractivity contribution in [3.05, 3.63) is 20.8 Å². The Morgan fingerprint density at radius 3 is 2.61 bits per heavy atom. The Bertz CT molecular complexity index is 549. The minimum absolute atomic E-state index is 0.189. The van der Waals surface area contributed by atoms with E-state index >= 15 is 0 Å². The molecule has 100 valence electrons. The molecule has 1 aliphatic rings. The van der Waals surface area contributed by atoms with Gasteiger partial charge in [0.1, 0.15) is 11.5 Å². The average molecular weight is 252 g/mol. The van der Waals surface area contributed by atoms with Gasteiger partial charge in [0.05, 0.1) is 0 Å². The lowest BCUT2D eigenvalue weighted by Gasteiger charge is -2.41. The second kappa shape index (κ2) is 4.51. The topological polar surface area (TPSA) is 92.9 Å². The van der Waals surface area contributed by atoms with Gasteiger partial charge in [-0.2, -0.15) is 0 Å². The Morgan fingerprint density at radius 2 is 2.11 bits per heavy atom. The number of aromatic amines is 1. The quantitative estimate of drug-likeness (QED) is 0.733. The van der Waals surface area contributed by atoms with Crippen LogP contribution in [0.25, 0.3) is 0 Å². The van der Waals surface area contributed by atoms with Crippen molar-refractivity contribution in [1.82, 2.24) is 9.55 Å². The van der Waals surface area contributed by atoms with Crippen molar-refractivity contribution >= 4 is 11.5 Å². The molecule has 0 unspecified atom stereocenters. The van der Waals surface area contributed by atoms with Gasteiger partial charge in [-0.05, 0) is 24.7 Å². The SMILES string of the molecule is CCC1(CNc2c(N)n(C)c(=O)[nH]c2=O)CCC1. The highest BCUT2D eigenvalue weighted by Gasteiger charge is 2.35. The molecule has 6 heteroatoms. The maximum absolute atomic E-state index is 11.7. The fourth-order valence-electron chi connectivity index (χ4n) is 2.42. The number of hydrogen-bond donors (Lipinski definition) is 3. The highest BCUT2D eigenvalue weighted by Crippen LogP contribution is 2.43. The minimum atomic E-state index is -0.489. The number of nitrogens with zero attached hydrogens (tertiary/aromatic N) is 1. The number of nitrogens with one attached hydrogen (secondary N) is 2. The van der Waals surface area contributed by atoms with E-state index < -0.39 is 11.2 Å². The predicted molar refractivity (Wildman–Crippen MR) is 71.8 cm³/mol. The summed E-state index contributed by atoms with van der Waals surface area (Å²) in [5, 5.41) is 3.11. The molecule has 1 fully saturated rings. The molecule has 6 nitrogen and oxygen atoms in total. The number of nitrogen functional groups attached to an aromatic ring is 1. The van der Waals surface area contributed by atoms with Gasteiger partial charge >= 0.3 is 5.69 Å². The Balaban J connectivity index is 2.22. The lowest BCUT2D eigenvalue weighted by atomic mass is 9.67. The summed E-state index contributed by atoms with van der Waals surface area (Å²) in [6.07, 6.45) is 4.69. The lowest BCUT2D eigenvalue weighted by Crippen LogP contribution is -2.39. The van der Waals surface area contributed by atoms with Gasteiger partial charge in [0.2, 0.25) is 0 Å². The van der Waals surface area contributed by atoms with E-state index in [2.05, 4.69) is 17.2 Å². The standard InChI is InChI=1S/C12H20N4O2/c1-3-12(5-4-6-12)7-14-8-9(13)16(2)11(18)15-10(8)17/h14H,3-7,13H2,1-2H3,(H,15,17,18). The summed E-state index contributed by atoms with van der Waals surface area (Å²) in [7, 11) is 1.54.